The first kappa shape index (κ1) is 20.5. The first-order chi connectivity index (χ1) is 15.8. The molecule has 1 aromatic carbocycles. The largest absolute Gasteiger partial charge is 0.339 e. The molecule has 0 unspecified atom stereocenters. The van der Waals surface area contributed by atoms with E-state index in [1.165, 1.54) is 6.33 Å². The van der Waals surface area contributed by atoms with Crippen molar-refractivity contribution < 1.29 is 9.32 Å². The molecule has 3 aromatic heterocycles. The highest BCUT2D eigenvalue weighted by atomic mass is 32.1. The summed E-state index contributed by atoms with van der Waals surface area (Å²) in [6.07, 6.45) is 4.81. The van der Waals surface area contributed by atoms with Crippen LogP contribution in [0.1, 0.15) is 22.7 Å². The minimum Gasteiger partial charge on any atom is -0.339 e. The van der Waals surface area contributed by atoms with Gasteiger partial charge in [-0.05, 0) is 42.6 Å². The van der Waals surface area contributed by atoms with Crippen molar-refractivity contribution in [1.82, 2.24) is 34.7 Å². The Labute approximate surface area is 189 Å². The van der Waals surface area contributed by atoms with E-state index in [2.05, 4.69) is 25.1 Å². The Balaban J connectivity index is 1.09. The van der Waals surface area contributed by atoms with E-state index in [9.17, 15) is 4.79 Å². The number of carbonyl (C=O) groups excluding carboxylic acids is 1. The van der Waals surface area contributed by atoms with Gasteiger partial charge in [-0.1, -0.05) is 17.3 Å². The predicted octanol–water partition coefficient (Wildman–Crippen LogP) is 2.77. The Bertz CT molecular complexity index is 1150. The monoisotopic (exact) mass is 449 g/mol. The van der Waals surface area contributed by atoms with Gasteiger partial charge in [0.2, 0.25) is 11.7 Å². The maximum atomic E-state index is 13.0. The lowest BCUT2D eigenvalue weighted by molar-refractivity contribution is 0.0635. The van der Waals surface area contributed by atoms with Crippen molar-refractivity contribution in [2.45, 2.75) is 12.8 Å². The zero-order valence-corrected chi connectivity index (χ0v) is 18.3. The van der Waals surface area contributed by atoms with Gasteiger partial charge in [-0.3, -0.25) is 9.69 Å². The first-order valence-electron chi connectivity index (χ1n) is 10.6. The standard InChI is InChI=1S/C22H23N7O2S/c30-22(17-4-1-5-18(14-17)29-16-23-15-24-29)28-11-9-27(10-12-28)8-2-7-20-25-21(26-31-20)19-6-3-13-32-19/h1,3-6,13-16H,2,7-12H2. The molecule has 1 saturated heterocycles. The van der Waals surface area contributed by atoms with Crippen LogP contribution in [-0.4, -0.2) is 73.3 Å². The van der Waals surface area contributed by atoms with Gasteiger partial charge < -0.3 is 9.42 Å². The number of piperazine rings is 1. The third-order valence-corrected chi connectivity index (χ3v) is 6.38. The van der Waals surface area contributed by atoms with Crippen LogP contribution in [0.2, 0.25) is 0 Å². The van der Waals surface area contributed by atoms with Crippen LogP contribution in [0.25, 0.3) is 16.4 Å². The SMILES string of the molecule is O=C(c1cccc(-n2cncn2)c1)N1CCN(CCCc2nc(-c3cccs3)no2)CC1. The van der Waals surface area contributed by atoms with E-state index < -0.39 is 0 Å². The van der Waals surface area contributed by atoms with Gasteiger partial charge >= 0.3 is 0 Å². The number of benzene rings is 1. The molecular formula is C22H23N7O2S. The number of amides is 1. The first-order valence-corrected chi connectivity index (χ1v) is 11.5. The Morgan fingerprint density at radius 3 is 2.81 bits per heavy atom. The van der Waals surface area contributed by atoms with Crippen molar-refractivity contribution in [2.75, 3.05) is 32.7 Å². The van der Waals surface area contributed by atoms with Crippen LogP contribution in [0, 0.1) is 0 Å². The van der Waals surface area contributed by atoms with Crippen LogP contribution >= 0.6 is 11.3 Å². The molecule has 0 bridgehead atoms. The number of aromatic nitrogens is 5. The molecule has 0 N–H and O–H groups in total. The lowest BCUT2D eigenvalue weighted by atomic mass is 10.1. The number of thiophene rings is 1. The number of nitrogens with zero attached hydrogens (tertiary/aromatic N) is 7. The third kappa shape index (κ3) is 4.61. The Morgan fingerprint density at radius 2 is 2.03 bits per heavy atom. The van der Waals surface area contributed by atoms with Crippen LogP contribution < -0.4 is 0 Å². The van der Waals surface area contributed by atoms with E-state index >= 15 is 0 Å². The van der Waals surface area contributed by atoms with Crippen LogP contribution in [0.5, 0.6) is 0 Å². The van der Waals surface area contributed by atoms with Crippen molar-refractivity contribution in [3.05, 3.63) is 65.9 Å². The second-order valence-electron chi connectivity index (χ2n) is 7.62. The quantitative estimate of drug-likeness (QED) is 0.428. The Hall–Kier alpha value is -3.37. The third-order valence-electron chi connectivity index (χ3n) is 5.51. The van der Waals surface area contributed by atoms with Gasteiger partial charge in [0, 0.05) is 38.2 Å². The van der Waals surface area contributed by atoms with E-state index in [0.29, 0.717) is 17.3 Å². The van der Waals surface area contributed by atoms with E-state index in [1.54, 1.807) is 22.3 Å². The summed E-state index contributed by atoms with van der Waals surface area (Å²) >= 11 is 1.60. The van der Waals surface area contributed by atoms with Crippen molar-refractivity contribution in [1.29, 1.82) is 0 Å². The molecule has 1 aliphatic rings. The summed E-state index contributed by atoms with van der Waals surface area (Å²) < 4.78 is 7.03. The topological polar surface area (TPSA) is 93.2 Å². The fourth-order valence-electron chi connectivity index (χ4n) is 3.80. The predicted molar refractivity (Wildman–Crippen MR) is 120 cm³/mol. The molecule has 9 nitrogen and oxygen atoms in total. The van der Waals surface area contributed by atoms with Crippen LogP contribution in [0.4, 0.5) is 0 Å². The molecule has 1 fully saturated rings. The normalized spacial score (nSPS) is 14.7. The number of hydrogen-bond donors (Lipinski definition) is 0. The van der Waals surface area contributed by atoms with Gasteiger partial charge in [0.1, 0.15) is 12.7 Å². The molecule has 32 heavy (non-hydrogen) atoms. The molecule has 0 radical (unpaired) electrons. The Morgan fingerprint density at radius 1 is 1.12 bits per heavy atom. The van der Waals surface area contributed by atoms with Crippen LogP contribution in [0.3, 0.4) is 0 Å². The second kappa shape index (κ2) is 9.41. The summed E-state index contributed by atoms with van der Waals surface area (Å²) in [5.74, 6) is 1.39. The maximum absolute atomic E-state index is 13.0. The molecule has 0 saturated carbocycles. The van der Waals surface area contributed by atoms with Crippen molar-refractivity contribution in [3.63, 3.8) is 0 Å². The second-order valence-corrected chi connectivity index (χ2v) is 8.56. The highest BCUT2D eigenvalue weighted by molar-refractivity contribution is 7.13. The highest BCUT2D eigenvalue weighted by Gasteiger charge is 2.22. The molecule has 5 rings (SSSR count). The molecule has 0 aliphatic carbocycles. The fourth-order valence-corrected chi connectivity index (χ4v) is 4.45. The number of rotatable bonds is 7. The average molecular weight is 450 g/mol. The molecule has 164 valence electrons. The molecule has 0 atom stereocenters. The summed E-state index contributed by atoms with van der Waals surface area (Å²) in [6, 6.07) is 11.5. The summed E-state index contributed by atoms with van der Waals surface area (Å²) in [5.41, 5.74) is 1.50. The van der Waals surface area contributed by atoms with E-state index in [0.717, 1.165) is 56.1 Å². The molecule has 0 spiro atoms. The van der Waals surface area contributed by atoms with Gasteiger partial charge in [-0.15, -0.1) is 11.3 Å². The van der Waals surface area contributed by atoms with Gasteiger partial charge in [-0.2, -0.15) is 10.1 Å². The molecule has 1 amide bonds. The van der Waals surface area contributed by atoms with Gasteiger partial charge in [0.15, 0.2) is 0 Å². The van der Waals surface area contributed by atoms with Gasteiger partial charge in [-0.25, -0.2) is 9.67 Å². The number of carbonyl (C=O) groups is 1. The summed E-state index contributed by atoms with van der Waals surface area (Å²) in [5, 5.41) is 10.2. The summed E-state index contributed by atoms with van der Waals surface area (Å²) in [4.78, 5) is 26.7. The zero-order chi connectivity index (χ0) is 21.8. The van der Waals surface area contributed by atoms with Crippen molar-refractivity contribution in [3.8, 4) is 16.4 Å². The van der Waals surface area contributed by atoms with Gasteiger partial charge in [0.25, 0.3) is 5.91 Å². The Kier molecular flexibility index (Phi) is 6.04. The zero-order valence-electron chi connectivity index (χ0n) is 17.5. The minimum atomic E-state index is 0.0542. The molecular weight excluding hydrogens is 426 g/mol. The van der Waals surface area contributed by atoms with E-state index in [1.807, 2.05) is 46.7 Å². The van der Waals surface area contributed by atoms with E-state index in [4.69, 9.17) is 4.52 Å². The van der Waals surface area contributed by atoms with Crippen molar-refractivity contribution >= 4 is 17.2 Å². The number of hydrogen-bond acceptors (Lipinski definition) is 8. The molecule has 1 aliphatic heterocycles. The lowest BCUT2D eigenvalue weighted by Crippen LogP contribution is -2.48. The van der Waals surface area contributed by atoms with Crippen LogP contribution in [0.15, 0.2) is 59.0 Å². The smallest absolute Gasteiger partial charge is 0.254 e. The van der Waals surface area contributed by atoms with E-state index in [-0.39, 0.29) is 5.91 Å². The van der Waals surface area contributed by atoms with Gasteiger partial charge in [0.05, 0.1) is 10.6 Å². The van der Waals surface area contributed by atoms with Crippen LogP contribution in [-0.2, 0) is 6.42 Å². The maximum Gasteiger partial charge on any atom is 0.254 e. The summed E-state index contributed by atoms with van der Waals surface area (Å²) in [6.45, 7) is 4.10. The highest BCUT2D eigenvalue weighted by Crippen LogP contribution is 2.21. The molecule has 4 heterocycles. The molecule has 4 aromatic rings. The summed E-state index contributed by atoms with van der Waals surface area (Å²) in [7, 11) is 0. The lowest BCUT2D eigenvalue weighted by Gasteiger charge is -2.34. The minimum absolute atomic E-state index is 0.0542. The average Bonchev–Trinajstić information content (AvgIpc) is 3.62. The molecule has 10 heteroatoms. The number of aryl methyl sites for hydroxylation is 1. The van der Waals surface area contributed by atoms with Crippen molar-refractivity contribution in [2.24, 2.45) is 0 Å². The fraction of sp³-hybridized carbons (Fsp3) is 0.318.